The zero-order valence-corrected chi connectivity index (χ0v) is 10.7. The van der Waals surface area contributed by atoms with Crippen molar-refractivity contribution in [3.8, 4) is 0 Å². The van der Waals surface area contributed by atoms with Crippen molar-refractivity contribution in [2.45, 2.75) is 32.4 Å². The highest BCUT2D eigenvalue weighted by atomic mass is 15.2. The summed E-state index contributed by atoms with van der Waals surface area (Å²) in [5.41, 5.74) is 2.93. The van der Waals surface area contributed by atoms with Crippen LogP contribution in [0.5, 0.6) is 0 Å². The van der Waals surface area contributed by atoms with Gasteiger partial charge < -0.3 is 5.32 Å². The number of hydrogen-bond acceptors (Lipinski definition) is 2. The van der Waals surface area contributed by atoms with Crippen LogP contribution in [0.4, 0.5) is 0 Å². The molecule has 2 fully saturated rings. The SMILES string of the molecule is Cc1ccccc1CN1CCNCC1C1CC1. The maximum absolute atomic E-state index is 3.54. The lowest BCUT2D eigenvalue weighted by molar-refractivity contribution is 0.135. The predicted molar refractivity (Wildman–Crippen MR) is 71.0 cm³/mol. The van der Waals surface area contributed by atoms with Gasteiger partial charge in [-0.05, 0) is 36.8 Å². The summed E-state index contributed by atoms with van der Waals surface area (Å²) < 4.78 is 0. The second kappa shape index (κ2) is 4.79. The maximum Gasteiger partial charge on any atom is 0.0252 e. The molecule has 1 aliphatic heterocycles. The first-order valence-electron chi connectivity index (χ1n) is 6.84. The average Bonchev–Trinajstić information content (AvgIpc) is 3.17. The Labute approximate surface area is 104 Å². The minimum atomic E-state index is 0.781. The lowest BCUT2D eigenvalue weighted by Crippen LogP contribution is -2.51. The van der Waals surface area contributed by atoms with E-state index in [1.54, 1.807) is 0 Å². The van der Waals surface area contributed by atoms with Gasteiger partial charge in [-0.25, -0.2) is 0 Å². The molecular weight excluding hydrogens is 208 g/mol. The average molecular weight is 230 g/mol. The fourth-order valence-corrected chi connectivity index (χ4v) is 2.92. The molecule has 0 spiro atoms. The molecule has 1 N–H and O–H groups in total. The van der Waals surface area contributed by atoms with E-state index in [1.165, 1.54) is 37.1 Å². The highest BCUT2D eigenvalue weighted by Crippen LogP contribution is 2.36. The molecule has 2 nitrogen and oxygen atoms in total. The topological polar surface area (TPSA) is 15.3 Å². The molecule has 17 heavy (non-hydrogen) atoms. The quantitative estimate of drug-likeness (QED) is 0.856. The molecule has 0 amide bonds. The summed E-state index contributed by atoms with van der Waals surface area (Å²) in [5, 5.41) is 3.54. The smallest absolute Gasteiger partial charge is 0.0252 e. The van der Waals surface area contributed by atoms with E-state index in [2.05, 4.69) is 41.4 Å². The highest BCUT2D eigenvalue weighted by Gasteiger charge is 2.36. The van der Waals surface area contributed by atoms with Gasteiger partial charge in [0.1, 0.15) is 0 Å². The zero-order chi connectivity index (χ0) is 11.7. The van der Waals surface area contributed by atoms with Crippen molar-refractivity contribution in [1.82, 2.24) is 10.2 Å². The minimum absolute atomic E-state index is 0.781. The summed E-state index contributed by atoms with van der Waals surface area (Å²) in [5.74, 6) is 0.965. The number of nitrogens with one attached hydrogen (secondary N) is 1. The normalized spacial score (nSPS) is 26.1. The molecule has 1 aromatic rings. The molecule has 1 unspecified atom stereocenters. The van der Waals surface area contributed by atoms with Crippen LogP contribution in [0.2, 0.25) is 0 Å². The second-order valence-corrected chi connectivity index (χ2v) is 5.51. The van der Waals surface area contributed by atoms with Gasteiger partial charge in [-0.2, -0.15) is 0 Å². The van der Waals surface area contributed by atoms with Crippen LogP contribution in [0, 0.1) is 12.8 Å². The molecule has 1 saturated heterocycles. The monoisotopic (exact) mass is 230 g/mol. The Morgan fingerprint density at radius 2 is 2.12 bits per heavy atom. The van der Waals surface area contributed by atoms with E-state index in [9.17, 15) is 0 Å². The fourth-order valence-electron chi connectivity index (χ4n) is 2.92. The summed E-state index contributed by atoms with van der Waals surface area (Å²) >= 11 is 0. The number of nitrogens with zero attached hydrogens (tertiary/aromatic N) is 1. The molecule has 1 aliphatic carbocycles. The summed E-state index contributed by atoms with van der Waals surface area (Å²) in [7, 11) is 0. The van der Waals surface area contributed by atoms with Gasteiger partial charge in [0.25, 0.3) is 0 Å². The first kappa shape index (κ1) is 11.2. The molecule has 0 bridgehead atoms. The zero-order valence-electron chi connectivity index (χ0n) is 10.7. The van der Waals surface area contributed by atoms with Crippen LogP contribution in [0.1, 0.15) is 24.0 Å². The summed E-state index contributed by atoms with van der Waals surface area (Å²) in [4.78, 5) is 2.69. The van der Waals surface area contributed by atoms with Crippen molar-refractivity contribution in [2.24, 2.45) is 5.92 Å². The largest absolute Gasteiger partial charge is 0.314 e. The van der Waals surface area contributed by atoms with Gasteiger partial charge in [0.15, 0.2) is 0 Å². The second-order valence-electron chi connectivity index (χ2n) is 5.51. The minimum Gasteiger partial charge on any atom is -0.314 e. The molecule has 2 heteroatoms. The van der Waals surface area contributed by atoms with Crippen LogP contribution in [-0.4, -0.2) is 30.6 Å². The number of hydrogen-bond donors (Lipinski definition) is 1. The van der Waals surface area contributed by atoms with Gasteiger partial charge in [0.05, 0.1) is 0 Å². The van der Waals surface area contributed by atoms with Gasteiger partial charge in [-0.1, -0.05) is 24.3 Å². The highest BCUT2D eigenvalue weighted by molar-refractivity contribution is 5.25. The van der Waals surface area contributed by atoms with Gasteiger partial charge in [0, 0.05) is 32.2 Å². The molecule has 3 rings (SSSR count). The van der Waals surface area contributed by atoms with Crippen LogP contribution in [0.15, 0.2) is 24.3 Å². The van der Waals surface area contributed by atoms with E-state index in [0.29, 0.717) is 0 Å². The standard InChI is InChI=1S/C15H22N2/c1-12-4-2-3-5-14(12)11-17-9-8-16-10-15(17)13-6-7-13/h2-5,13,15-16H,6-11H2,1H3. The molecule has 2 aliphatic rings. The number of benzene rings is 1. The Bertz CT molecular complexity index is 384. The first-order chi connectivity index (χ1) is 8.34. The Hall–Kier alpha value is -0.860. The van der Waals surface area contributed by atoms with Crippen molar-refractivity contribution < 1.29 is 0 Å². The Morgan fingerprint density at radius 3 is 2.88 bits per heavy atom. The van der Waals surface area contributed by atoms with Crippen LogP contribution in [0.25, 0.3) is 0 Å². The first-order valence-corrected chi connectivity index (χ1v) is 6.84. The van der Waals surface area contributed by atoms with E-state index in [-0.39, 0.29) is 0 Å². The van der Waals surface area contributed by atoms with Crippen LogP contribution in [0.3, 0.4) is 0 Å². The van der Waals surface area contributed by atoms with Crippen molar-refractivity contribution in [2.75, 3.05) is 19.6 Å². The molecule has 1 saturated carbocycles. The maximum atomic E-state index is 3.54. The van der Waals surface area contributed by atoms with Crippen molar-refractivity contribution >= 4 is 0 Å². The number of rotatable bonds is 3. The molecule has 0 aromatic heterocycles. The summed E-state index contributed by atoms with van der Waals surface area (Å²) in [6.45, 7) is 6.90. The van der Waals surface area contributed by atoms with E-state index < -0.39 is 0 Å². The molecule has 0 radical (unpaired) electrons. The summed E-state index contributed by atoms with van der Waals surface area (Å²) in [6, 6.07) is 9.58. The number of aryl methyl sites for hydroxylation is 1. The van der Waals surface area contributed by atoms with Crippen LogP contribution >= 0.6 is 0 Å². The lowest BCUT2D eigenvalue weighted by Gasteiger charge is -2.36. The number of piperazine rings is 1. The Kier molecular flexibility index (Phi) is 3.17. The van der Waals surface area contributed by atoms with Gasteiger partial charge in [-0.15, -0.1) is 0 Å². The molecule has 1 aromatic carbocycles. The third-order valence-corrected chi connectivity index (χ3v) is 4.20. The molecule has 1 heterocycles. The van der Waals surface area contributed by atoms with Crippen molar-refractivity contribution in [3.63, 3.8) is 0 Å². The van der Waals surface area contributed by atoms with E-state index in [1.807, 2.05) is 0 Å². The third kappa shape index (κ3) is 2.53. The van der Waals surface area contributed by atoms with E-state index in [4.69, 9.17) is 0 Å². The molecule has 92 valence electrons. The van der Waals surface area contributed by atoms with Gasteiger partial charge in [0.2, 0.25) is 0 Å². The Balaban J connectivity index is 1.72. The van der Waals surface area contributed by atoms with Crippen molar-refractivity contribution in [3.05, 3.63) is 35.4 Å². The van der Waals surface area contributed by atoms with E-state index in [0.717, 1.165) is 25.0 Å². The Morgan fingerprint density at radius 1 is 1.29 bits per heavy atom. The molecule has 1 atom stereocenters. The lowest BCUT2D eigenvalue weighted by atomic mass is 10.0. The fraction of sp³-hybridized carbons (Fsp3) is 0.600. The van der Waals surface area contributed by atoms with Crippen molar-refractivity contribution in [1.29, 1.82) is 0 Å². The van der Waals surface area contributed by atoms with Crippen LogP contribution in [-0.2, 0) is 6.54 Å². The summed E-state index contributed by atoms with van der Waals surface area (Å²) in [6.07, 6.45) is 2.88. The van der Waals surface area contributed by atoms with Crippen LogP contribution < -0.4 is 5.32 Å². The third-order valence-electron chi connectivity index (χ3n) is 4.20. The van der Waals surface area contributed by atoms with Gasteiger partial charge in [-0.3, -0.25) is 4.90 Å². The van der Waals surface area contributed by atoms with Gasteiger partial charge >= 0.3 is 0 Å². The predicted octanol–water partition coefficient (Wildman–Crippen LogP) is 2.18. The van der Waals surface area contributed by atoms with E-state index >= 15 is 0 Å². The molecular formula is C15H22N2.